The molecule has 0 aliphatic heterocycles. The zero-order valence-electron chi connectivity index (χ0n) is 18.0. The van der Waals surface area contributed by atoms with Crippen LogP contribution in [0.2, 0.25) is 0 Å². The highest BCUT2D eigenvalue weighted by Gasteiger charge is 2.39. The number of carbonyl (C=O) groups is 3. The van der Waals surface area contributed by atoms with Gasteiger partial charge >= 0.3 is 5.97 Å². The summed E-state index contributed by atoms with van der Waals surface area (Å²) in [4.78, 5) is 58.1. The van der Waals surface area contributed by atoms with Crippen LogP contribution < -0.4 is 0 Å². The molecular formula is C24H14N4O7. The maximum Gasteiger partial charge on any atom is 0.345 e. The van der Waals surface area contributed by atoms with E-state index in [2.05, 4.69) is 15.1 Å². The van der Waals surface area contributed by atoms with Crippen molar-refractivity contribution in [2.45, 2.75) is 13.0 Å². The molecule has 35 heavy (non-hydrogen) atoms. The molecule has 1 atom stereocenters. The molecule has 2 heterocycles. The molecule has 0 spiro atoms. The van der Waals surface area contributed by atoms with Crippen LogP contribution in [0.25, 0.3) is 11.4 Å². The first kappa shape index (κ1) is 21.8. The lowest BCUT2D eigenvalue weighted by Gasteiger charge is -2.18. The Bertz CT molecular complexity index is 1530. The van der Waals surface area contributed by atoms with E-state index in [0.29, 0.717) is 5.56 Å². The van der Waals surface area contributed by atoms with Crippen LogP contribution in [0.15, 0.2) is 65.4 Å². The molecule has 0 saturated carbocycles. The fourth-order valence-corrected chi connectivity index (χ4v) is 3.81. The first-order valence-electron chi connectivity index (χ1n) is 10.3. The maximum atomic E-state index is 13.1. The van der Waals surface area contributed by atoms with Crippen molar-refractivity contribution in [2.24, 2.45) is 0 Å². The summed E-state index contributed by atoms with van der Waals surface area (Å²) in [7, 11) is 0. The lowest BCUT2D eigenvalue weighted by Crippen LogP contribution is -2.24. The van der Waals surface area contributed by atoms with Crippen molar-refractivity contribution in [1.29, 1.82) is 0 Å². The molecule has 1 unspecified atom stereocenters. The van der Waals surface area contributed by atoms with Crippen molar-refractivity contribution in [3.05, 3.63) is 105 Å². The monoisotopic (exact) mass is 470 g/mol. The van der Waals surface area contributed by atoms with E-state index in [1.54, 1.807) is 30.5 Å². The summed E-state index contributed by atoms with van der Waals surface area (Å²) in [5.41, 5.74) is -1.12. The average Bonchev–Trinajstić information content (AvgIpc) is 3.37. The average molecular weight is 470 g/mol. The van der Waals surface area contributed by atoms with Gasteiger partial charge in [-0.15, -0.1) is 0 Å². The minimum absolute atomic E-state index is 0.0285. The fourth-order valence-electron chi connectivity index (χ4n) is 3.81. The number of pyridine rings is 1. The van der Waals surface area contributed by atoms with Crippen molar-refractivity contribution >= 4 is 23.2 Å². The van der Waals surface area contributed by atoms with Crippen LogP contribution in [-0.4, -0.2) is 37.6 Å². The summed E-state index contributed by atoms with van der Waals surface area (Å²) < 4.78 is 10.5. The first-order chi connectivity index (χ1) is 16.9. The van der Waals surface area contributed by atoms with E-state index >= 15 is 0 Å². The molecule has 5 rings (SSSR count). The number of nitrogens with zero attached hydrogens (tertiary/aromatic N) is 4. The van der Waals surface area contributed by atoms with Crippen LogP contribution in [-0.2, 0) is 4.74 Å². The third kappa shape index (κ3) is 3.64. The van der Waals surface area contributed by atoms with Crippen molar-refractivity contribution in [3.63, 3.8) is 0 Å². The number of hydrogen-bond acceptors (Lipinski definition) is 10. The predicted octanol–water partition coefficient (Wildman–Crippen LogP) is 3.73. The smallest absolute Gasteiger partial charge is 0.345 e. The zero-order chi connectivity index (χ0) is 24.7. The quantitative estimate of drug-likeness (QED) is 0.211. The number of nitro groups is 1. The maximum absolute atomic E-state index is 13.1. The number of benzene rings is 2. The molecule has 0 fully saturated rings. The Balaban J connectivity index is 1.48. The second-order valence-electron chi connectivity index (χ2n) is 7.59. The Kier molecular flexibility index (Phi) is 5.21. The highest BCUT2D eigenvalue weighted by Crippen LogP contribution is 2.36. The van der Waals surface area contributed by atoms with Gasteiger partial charge in [-0.2, -0.15) is 4.98 Å². The van der Waals surface area contributed by atoms with Gasteiger partial charge in [-0.25, -0.2) is 4.79 Å². The normalized spacial score (nSPS) is 13.1. The highest BCUT2D eigenvalue weighted by atomic mass is 16.6. The van der Waals surface area contributed by atoms with Crippen LogP contribution in [0, 0.1) is 10.1 Å². The Morgan fingerprint density at radius 2 is 1.77 bits per heavy atom. The summed E-state index contributed by atoms with van der Waals surface area (Å²) >= 11 is 0. The SMILES string of the molecule is CC(OC(=O)c1ccc2c(c1[N+](=O)[O-])C(=O)c1ccccc1C2=O)c1nc(-c2cccnc2)no1. The van der Waals surface area contributed by atoms with Crippen LogP contribution in [0.1, 0.15) is 61.1 Å². The molecule has 2 aromatic carbocycles. The van der Waals surface area contributed by atoms with Gasteiger partial charge in [0.15, 0.2) is 11.9 Å². The highest BCUT2D eigenvalue weighted by molar-refractivity contribution is 6.30. The Labute approximate surface area is 196 Å². The number of aromatic nitrogens is 3. The van der Waals surface area contributed by atoms with Gasteiger partial charge in [-0.05, 0) is 31.2 Å². The number of rotatable bonds is 5. The van der Waals surface area contributed by atoms with Crippen LogP contribution in [0.3, 0.4) is 0 Å². The summed E-state index contributed by atoms with van der Waals surface area (Å²) in [6, 6.07) is 11.7. The van der Waals surface area contributed by atoms with Gasteiger partial charge in [0.2, 0.25) is 11.6 Å². The number of esters is 1. The lowest BCUT2D eigenvalue weighted by molar-refractivity contribution is -0.385. The van der Waals surface area contributed by atoms with E-state index in [1.807, 2.05) is 0 Å². The summed E-state index contributed by atoms with van der Waals surface area (Å²) in [6.07, 6.45) is 2.05. The molecule has 1 aliphatic rings. The van der Waals surface area contributed by atoms with E-state index in [1.165, 1.54) is 31.3 Å². The third-order valence-corrected chi connectivity index (χ3v) is 5.46. The molecule has 0 bridgehead atoms. The number of fused-ring (bicyclic) bond motifs is 2. The number of ketones is 2. The van der Waals surface area contributed by atoms with E-state index in [4.69, 9.17) is 9.26 Å². The van der Waals surface area contributed by atoms with Crippen molar-refractivity contribution in [3.8, 4) is 11.4 Å². The molecule has 0 saturated heterocycles. The minimum Gasteiger partial charge on any atom is -0.449 e. The van der Waals surface area contributed by atoms with Gasteiger partial charge in [0, 0.05) is 34.6 Å². The van der Waals surface area contributed by atoms with E-state index in [0.717, 1.165) is 6.07 Å². The summed E-state index contributed by atoms with van der Waals surface area (Å²) in [6.45, 7) is 1.45. The standard InChI is InChI=1S/C24H14N4O7/c1-12(23-26-22(27-35-23)13-5-4-10-25-11-13)34-24(31)17-9-8-16-18(19(17)28(32)33)21(30)15-7-3-2-6-14(15)20(16)29/h2-12H,1H3. The van der Waals surface area contributed by atoms with Crippen LogP contribution >= 0.6 is 0 Å². The summed E-state index contributed by atoms with van der Waals surface area (Å²) in [5, 5.41) is 15.8. The van der Waals surface area contributed by atoms with E-state index in [-0.39, 0.29) is 28.4 Å². The topological polar surface area (TPSA) is 155 Å². The Morgan fingerprint density at radius 1 is 1.03 bits per heavy atom. The molecule has 4 aromatic rings. The molecule has 0 N–H and O–H groups in total. The molecule has 0 amide bonds. The Morgan fingerprint density at radius 3 is 2.46 bits per heavy atom. The van der Waals surface area contributed by atoms with Crippen LogP contribution in [0.4, 0.5) is 5.69 Å². The van der Waals surface area contributed by atoms with Crippen molar-refractivity contribution in [1.82, 2.24) is 15.1 Å². The number of nitro benzene ring substituents is 1. The van der Waals surface area contributed by atoms with Gasteiger partial charge in [0.25, 0.3) is 11.6 Å². The fraction of sp³-hybridized carbons (Fsp3) is 0.0833. The summed E-state index contributed by atoms with van der Waals surface area (Å²) in [5.74, 6) is -2.17. The molecule has 0 radical (unpaired) electrons. The third-order valence-electron chi connectivity index (χ3n) is 5.46. The van der Waals surface area contributed by atoms with Gasteiger partial charge in [-0.1, -0.05) is 29.4 Å². The van der Waals surface area contributed by atoms with E-state index in [9.17, 15) is 24.5 Å². The number of carbonyl (C=O) groups excluding carboxylic acids is 3. The Hall–Kier alpha value is -5.06. The van der Waals surface area contributed by atoms with Gasteiger partial charge in [-0.3, -0.25) is 24.7 Å². The largest absolute Gasteiger partial charge is 0.449 e. The van der Waals surface area contributed by atoms with Gasteiger partial charge in [0.1, 0.15) is 11.1 Å². The van der Waals surface area contributed by atoms with Gasteiger partial charge < -0.3 is 9.26 Å². The number of hydrogen-bond donors (Lipinski definition) is 0. The molecule has 2 aromatic heterocycles. The zero-order valence-corrected chi connectivity index (χ0v) is 18.0. The molecule has 11 nitrogen and oxygen atoms in total. The molecule has 172 valence electrons. The lowest BCUT2D eigenvalue weighted by atomic mass is 9.82. The van der Waals surface area contributed by atoms with Crippen molar-refractivity contribution in [2.75, 3.05) is 0 Å². The molecular weight excluding hydrogens is 456 g/mol. The first-order valence-corrected chi connectivity index (χ1v) is 10.3. The van der Waals surface area contributed by atoms with Crippen LogP contribution in [0.5, 0.6) is 0 Å². The second-order valence-corrected chi connectivity index (χ2v) is 7.59. The minimum atomic E-state index is -1.09. The van der Waals surface area contributed by atoms with Gasteiger partial charge in [0.05, 0.1) is 4.92 Å². The van der Waals surface area contributed by atoms with Crippen molar-refractivity contribution < 1.29 is 28.6 Å². The van der Waals surface area contributed by atoms with E-state index < -0.39 is 45.4 Å². The molecule has 11 heteroatoms. The number of ether oxygens (including phenoxy) is 1. The predicted molar refractivity (Wildman–Crippen MR) is 118 cm³/mol. The molecule has 1 aliphatic carbocycles. The second kappa shape index (κ2) is 8.37.